The van der Waals surface area contributed by atoms with E-state index in [1.165, 1.54) is 11.3 Å². The van der Waals surface area contributed by atoms with Crippen LogP contribution in [-0.2, 0) is 6.42 Å². The first kappa shape index (κ1) is 21.0. The van der Waals surface area contributed by atoms with Crippen molar-refractivity contribution in [2.24, 2.45) is 0 Å². The Morgan fingerprint density at radius 3 is 2.59 bits per heavy atom. The van der Waals surface area contributed by atoms with Gasteiger partial charge in [0.05, 0.1) is 11.1 Å². The minimum atomic E-state index is -0.126. The Labute approximate surface area is 179 Å². The number of halogens is 1. The third-order valence-electron chi connectivity index (χ3n) is 4.39. The number of rotatable bonds is 9. The van der Waals surface area contributed by atoms with Gasteiger partial charge in [-0.05, 0) is 42.7 Å². The summed E-state index contributed by atoms with van der Waals surface area (Å²) < 4.78 is 0. The largest absolute Gasteiger partial charge is 0.361 e. The summed E-state index contributed by atoms with van der Waals surface area (Å²) in [6.07, 6.45) is 3.17. The maximum absolute atomic E-state index is 12.7. The van der Waals surface area contributed by atoms with Crippen LogP contribution in [0.25, 0.3) is 0 Å². The summed E-state index contributed by atoms with van der Waals surface area (Å²) in [4.78, 5) is 29.7. The van der Waals surface area contributed by atoms with Crippen LogP contribution in [0.1, 0.15) is 44.5 Å². The van der Waals surface area contributed by atoms with Gasteiger partial charge in [0.1, 0.15) is 0 Å². The van der Waals surface area contributed by atoms with Gasteiger partial charge >= 0.3 is 0 Å². The van der Waals surface area contributed by atoms with Crippen molar-refractivity contribution in [1.29, 1.82) is 0 Å². The Morgan fingerprint density at radius 1 is 1.07 bits per heavy atom. The lowest BCUT2D eigenvalue weighted by molar-refractivity contribution is 0.0953. The fourth-order valence-electron chi connectivity index (χ4n) is 2.83. The molecule has 7 heteroatoms. The Hall–Kier alpha value is -2.70. The van der Waals surface area contributed by atoms with E-state index in [-0.39, 0.29) is 11.7 Å². The van der Waals surface area contributed by atoms with Crippen LogP contribution < -0.4 is 10.6 Å². The molecule has 0 aliphatic heterocycles. The summed E-state index contributed by atoms with van der Waals surface area (Å²) in [6.45, 7) is 3.22. The van der Waals surface area contributed by atoms with Gasteiger partial charge in [-0.25, -0.2) is 4.98 Å². The number of amides is 1. The molecule has 3 aromatic rings. The minimum Gasteiger partial charge on any atom is -0.361 e. The van der Waals surface area contributed by atoms with Gasteiger partial charge in [-0.2, -0.15) is 0 Å². The first-order chi connectivity index (χ1) is 14.1. The SMILES string of the molecule is CCc1ccccc1C(=O)c1cnc(NCCCNC(=O)c2ccc(Cl)cc2)s1. The van der Waals surface area contributed by atoms with Crippen LogP contribution in [0.15, 0.2) is 54.7 Å². The topological polar surface area (TPSA) is 71.1 Å². The fraction of sp³-hybridized carbons (Fsp3) is 0.227. The quantitative estimate of drug-likeness (QED) is 0.379. The van der Waals surface area contributed by atoms with Gasteiger partial charge in [0.25, 0.3) is 5.91 Å². The lowest BCUT2D eigenvalue weighted by Crippen LogP contribution is -2.25. The summed E-state index contributed by atoms with van der Waals surface area (Å²) in [6, 6.07) is 14.4. The number of aromatic nitrogens is 1. The summed E-state index contributed by atoms with van der Waals surface area (Å²) in [5.74, 6) is -0.124. The van der Waals surface area contributed by atoms with E-state index in [4.69, 9.17) is 11.6 Å². The van der Waals surface area contributed by atoms with Crippen molar-refractivity contribution in [2.45, 2.75) is 19.8 Å². The van der Waals surface area contributed by atoms with E-state index in [1.807, 2.05) is 31.2 Å². The predicted octanol–water partition coefficient (Wildman–Crippen LogP) is 4.82. The molecule has 1 heterocycles. The highest BCUT2D eigenvalue weighted by atomic mass is 35.5. The van der Waals surface area contributed by atoms with Crippen LogP contribution in [0.2, 0.25) is 5.02 Å². The summed E-state index contributed by atoms with van der Waals surface area (Å²) in [5, 5.41) is 7.38. The van der Waals surface area contributed by atoms with Crippen LogP contribution in [0.5, 0.6) is 0 Å². The smallest absolute Gasteiger partial charge is 0.251 e. The summed E-state index contributed by atoms with van der Waals surface area (Å²) >= 11 is 7.17. The monoisotopic (exact) mass is 427 g/mol. The van der Waals surface area contributed by atoms with Crippen molar-refractivity contribution in [3.05, 3.63) is 81.3 Å². The number of anilines is 1. The van der Waals surface area contributed by atoms with Gasteiger partial charge in [0.2, 0.25) is 5.78 Å². The summed E-state index contributed by atoms with van der Waals surface area (Å²) in [5.41, 5.74) is 2.35. The first-order valence-corrected chi connectivity index (χ1v) is 10.6. The van der Waals surface area contributed by atoms with Gasteiger partial charge in [-0.3, -0.25) is 9.59 Å². The molecule has 0 saturated heterocycles. The fourth-order valence-corrected chi connectivity index (χ4v) is 3.75. The van der Waals surface area contributed by atoms with E-state index in [1.54, 1.807) is 30.5 Å². The molecule has 0 radical (unpaired) electrons. The van der Waals surface area contributed by atoms with Crippen molar-refractivity contribution in [3.8, 4) is 0 Å². The lowest BCUT2D eigenvalue weighted by Gasteiger charge is -2.06. The average Bonchev–Trinajstić information content (AvgIpc) is 3.22. The molecule has 2 N–H and O–H groups in total. The average molecular weight is 428 g/mol. The van der Waals surface area contributed by atoms with Crippen LogP contribution in [0.3, 0.4) is 0 Å². The molecule has 5 nitrogen and oxygen atoms in total. The standard InChI is InChI=1S/C22H22ClN3O2S/c1-2-15-6-3-4-7-18(15)20(27)19-14-26-22(29-19)25-13-5-12-24-21(28)16-8-10-17(23)11-9-16/h3-4,6-11,14H,2,5,12-13H2,1H3,(H,24,28)(H,25,26). The number of aryl methyl sites for hydroxylation is 1. The Morgan fingerprint density at radius 2 is 1.83 bits per heavy atom. The van der Waals surface area contributed by atoms with Crippen molar-refractivity contribution in [3.63, 3.8) is 0 Å². The third-order valence-corrected chi connectivity index (χ3v) is 5.60. The Bertz CT molecular complexity index is 986. The van der Waals surface area contributed by atoms with E-state index >= 15 is 0 Å². The predicted molar refractivity (Wildman–Crippen MR) is 118 cm³/mol. The zero-order chi connectivity index (χ0) is 20.6. The molecule has 0 unspecified atom stereocenters. The number of nitrogens with one attached hydrogen (secondary N) is 2. The van der Waals surface area contributed by atoms with E-state index in [9.17, 15) is 9.59 Å². The Kier molecular flexibility index (Phi) is 7.38. The summed E-state index contributed by atoms with van der Waals surface area (Å²) in [7, 11) is 0. The zero-order valence-electron chi connectivity index (χ0n) is 16.1. The normalized spacial score (nSPS) is 10.6. The van der Waals surface area contributed by atoms with E-state index in [0.717, 1.165) is 24.0 Å². The molecule has 0 atom stereocenters. The number of ketones is 1. The van der Waals surface area contributed by atoms with Gasteiger partial charge in [0, 0.05) is 29.2 Å². The molecule has 0 bridgehead atoms. The van der Waals surface area contributed by atoms with Crippen LogP contribution in [0.4, 0.5) is 5.13 Å². The zero-order valence-corrected chi connectivity index (χ0v) is 17.6. The maximum Gasteiger partial charge on any atom is 0.251 e. The number of benzene rings is 2. The second kappa shape index (κ2) is 10.2. The molecule has 0 aliphatic carbocycles. The van der Waals surface area contributed by atoms with Gasteiger partial charge < -0.3 is 10.6 Å². The minimum absolute atomic E-state index is 0.00299. The second-order valence-corrected chi connectivity index (χ2v) is 7.88. The number of hydrogen-bond acceptors (Lipinski definition) is 5. The van der Waals surface area contributed by atoms with Crippen LogP contribution in [0, 0.1) is 0 Å². The van der Waals surface area contributed by atoms with Crippen molar-refractivity contribution < 1.29 is 9.59 Å². The molecule has 1 aromatic heterocycles. The number of carbonyl (C=O) groups is 2. The molecule has 29 heavy (non-hydrogen) atoms. The molecule has 0 aliphatic rings. The highest BCUT2D eigenvalue weighted by Gasteiger charge is 2.15. The van der Waals surface area contributed by atoms with Crippen molar-refractivity contribution in [1.82, 2.24) is 10.3 Å². The molecular formula is C22H22ClN3O2S. The molecule has 1 amide bonds. The maximum atomic E-state index is 12.7. The number of hydrogen-bond donors (Lipinski definition) is 2. The van der Waals surface area contributed by atoms with E-state index in [0.29, 0.717) is 33.7 Å². The lowest BCUT2D eigenvalue weighted by atomic mass is 10.0. The Balaban J connectivity index is 1.45. The van der Waals surface area contributed by atoms with E-state index < -0.39 is 0 Å². The highest BCUT2D eigenvalue weighted by molar-refractivity contribution is 7.17. The van der Waals surface area contributed by atoms with Crippen LogP contribution >= 0.6 is 22.9 Å². The van der Waals surface area contributed by atoms with Crippen LogP contribution in [-0.4, -0.2) is 29.8 Å². The molecule has 0 saturated carbocycles. The van der Waals surface area contributed by atoms with Crippen molar-refractivity contribution >= 4 is 39.8 Å². The molecule has 150 valence electrons. The molecule has 2 aromatic carbocycles. The first-order valence-electron chi connectivity index (χ1n) is 9.44. The molecular weight excluding hydrogens is 406 g/mol. The van der Waals surface area contributed by atoms with Crippen molar-refractivity contribution in [2.75, 3.05) is 18.4 Å². The number of nitrogens with zero attached hydrogens (tertiary/aromatic N) is 1. The number of thiazole rings is 1. The molecule has 3 rings (SSSR count). The number of carbonyl (C=O) groups excluding carboxylic acids is 2. The van der Waals surface area contributed by atoms with Gasteiger partial charge in [0.15, 0.2) is 5.13 Å². The van der Waals surface area contributed by atoms with Gasteiger partial charge in [-0.15, -0.1) is 0 Å². The molecule has 0 fully saturated rings. The highest BCUT2D eigenvalue weighted by Crippen LogP contribution is 2.23. The van der Waals surface area contributed by atoms with Gasteiger partial charge in [-0.1, -0.05) is 54.1 Å². The molecule has 0 spiro atoms. The third kappa shape index (κ3) is 5.65. The second-order valence-electron chi connectivity index (χ2n) is 6.41. The van der Waals surface area contributed by atoms with E-state index in [2.05, 4.69) is 15.6 Å².